The number of hydrogen-bond acceptors (Lipinski definition) is 6. The lowest BCUT2D eigenvalue weighted by Gasteiger charge is -2.25. The number of hydrogen-bond donors (Lipinski definition) is 1. The van der Waals surface area contributed by atoms with Gasteiger partial charge in [0.1, 0.15) is 0 Å². The molecule has 30 heavy (non-hydrogen) atoms. The van der Waals surface area contributed by atoms with Crippen molar-refractivity contribution in [2.75, 3.05) is 31.6 Å². The van der Waals surface area contributed by atoms with Gasteiger partial charge in [-0.3, -0.25) is 19.8 Å². The fraction of sp³-hybridized carbons (Fsp3) is 0.409. The molecular weight excluding hydrogens is 386 g/mol. The summed E-state index contributed by atoms with van der Waals surface area (Å²) in [6.45, 7) is 4.00. The maximum Gasteiger partial charge on any atom is 0.274 e. The van der Waals surface area contributed by atoms with Crippen molar-refractivity contribution >= 4 is 17.3 Å². The van der Waals surface area contributed by atoms with Crippen LogP contribution in [-0.2, 0) is 4.79 Å². The van der Waals surface area contributed by atoms with E-state index in [0.717, 1.165) is 42.9 Å². The summed E-state index contributed by atoms with van der Waals surface area (Å²) in [5.41, 5.74) is 2.10. The molecule has 4 rings (SSSR count). The molecule has 158 valence electrons. The molecule has 2 heterocycles. The van der Waals surface area contributed by atoms with Crippen LogP contribution in [-0.4, -0.2) is 42.0 Å². The van der Waals surface area contributed by atoms with Crippen LogP contribution in [0.1, 0.15) is 36.4 Å². The third-order valence-electron chi connectivity index (χ3n) is 5.56. The summed E-state index contributed by atoms with van der Waals surface area (Å²) in [4.78, 5) is 25.4. The number of amides is 1. The van der Waals surface area contributed by atoms with Gasteiger partial charge in [0.15, 0.2) is 11.5 Å². The van der Waals surface area contributed by atoms with Gasteiger partial charge in [-0.05, 0) is 50.1 Å². The normalized spacial score (nSPS) is 18.6. The Labute approximate surface area is 174 Å². The molecule has 2 aromatic carbocycles. The Morgan fingerprint density at radius 2 is 1.97 bits per heavy atom. The third kappa shape index (κ3) is 4.38. The monoisotopic (exact) mass is 411 g/mol. The van der Waals surface area contributed by atoms with Gasteiger partial charge >= 0.3 is 0 Å². The molecule has 1 saturated heterocycles. The lowest BCUT2D eigenvalue weighted by atomic mass is 10.0. The number of nitro benzene ring substituents is 1. The number of rotatable bonds is 5. The summed E-state index contributed by atoms with van der Waals surface area (Å²) in [7, 11) is 0. The van der Waals surface area contributed by atoms with E-state index in [-0.39, 0.29) is 24.2 Å². The molecule has 0 radical (unpaired) electrons. The molecule has 0 saturated carbocycles. The number of nitrogens with zero attached hydrogens (tertiary/aromatic N) is 2. The van der Waals surface area contributed by atoms with Crippen LogP contribution in [0, 0.1) is 17.0 Å². The van der Waals surface area contributed by atoms with Gasteiger partial charge in [-0.1, -0.05) is 12.1 Å². The highest BCUT2D eigenvalue weighted by molar-refractivity contribution is 5.92. The summed E-state index contributed by atoms with van der Waals surface area (Å²) in [5.74, 6) is 1.34. The van der Waals surface area contributed by atoms with Gasteiger partial charge in [0.25, 0.3) is 5.69 Å². The first-order chi connectivity index (χ1) is 14.5. The molecule has 2 aliphatic rings. The van der Waals surface area contributed by atoms with E-state index in [1.165, 1.54) is 6.07 Å². The van der Waals surface area contributed by atoms with Crippen molar-refractivity contribution in [2.24, 2.45) is 0 Å². The Balaban J connectivity index is 1.44. The van der Waals surface area contributed by atoms with E-state index in [1.54, 1.807) is 19.1 Å². The van der Waals surface area contributed by atoms with Crippen LogP contribution in [0.3, 0.4) is 0 Å². The van der Waals surface area contributed by atoms with Crippen molar-refractivity contribution < 1.29 is 19.2 Å². The largest absolute Gasteiger partial charge is 0.490 e. The topological polar surface area (TPSA) is 93.9 Å². The number of aryl methyl sites for hydroxylation is 1. The second kappa shape index (κ2) is 8.71. The zero-order valence-electron chi connectivity index (χ0n) is 16.9. The number of fused-ring (bicyclic) bond motifs is 1. The molecule has 1 amide bonds. The highest BCUT2D eigenvalue weighted by Gasteiger charge is 2.28. The molecule has 1 atom stereocenters. The van der Waals surface area contributed by atoms with Crippen molar-refractivity contribution in [1.82, 2.24) is 4.90 Å². The van der Waals surface area contributed by atoms with Gasteiger partial charge in [-0.25, -0.2) is 0 Å². The van der Waals surface area contributed by atoms with Crippen LogP contribution in [0.25, 0.3) is 0 Å². The second-order valence-electron chi connectivity index (χ2n) is 7.69. The average Bonchev–Trinajstić information content (AvgIpc) is 3.04. The average molecular weight is 411 g/mol. The molecule has 2 aromatic rings. The van der Waals surface area contributed by atoms with Crippen molar-refractivity contribution in [3.8, 4) is 11.5 Å². The SMILES string of the molecule is Cc1ccc(NC(=O)CN2CCCC2c2ccc3c(c2)OCCCO3)cc1[N+](=O)[O-]. The summed E-state index contributed by atoms with van der Waals surface area (Å²) < 4.78 is 11.5. The highest BCUT2D eigenvalue weighted by Crippen LogP contribution is 2.37. The number of ether oxygens (including phenoxy) is 2. The number of likely N-dealkylation sites (tertiary alicyclic amines) is 1. The predicted molar refractivity (Wildman–Crippen MR) is 112 cm³/mol. The quantitative estimate of drug-likeness (QED) is 0.593. The number of nitro groups is 1. The van der Waals surface area contributed by atoms with E-state index in [1.807, 2.05) is 18.2 Å². The number of carbonyl (C=O) groups excluding carboxylic acids is 1. The van der Waals surface area contributed by atoms with Gasteiger partial charge in [0.05, 0.1) is 24.7 Å². The number of nitrogens with one attached hydrogen (secondary N) is 1. The van der Waals surface area contributed by atoms with Gasteiger partial charge < -0.3 is 14.8 Å². The maximum atomic E-state index is 12.6. The molecule has 8 nitrogen and oxygen atoms in total. The van der Waals surface area contributed by atoms with Crippen LogP contribution in [0.15, 0.2) is 36.4 Å². The minimum Gasteiger partial charge on any atom is -0.490 e. The summed E-state index contributed by atoms with van der Waals surface area (Å²) >= 11 is 0. The molecule has 0 aromatic heterocycles. The Hall–Kier alpha value is -3.13. The van der Waals surface area contributed by atoms with E-state index in [0.29, 0.717) is 24.5 Å². The lowest BCUT2D eigenvalue weighted by molar-refractivity contribution is -0.385. The first-order valence-corrected chi connectivity index (χ1v) is 10.2. The summed E-state index contributed by atoms with van der Waals surface area (Å²) in [5, 5.41) is 13.9. The van der Waals surface area contributed by atoms with Crippen LogP contribution in [0.4, 0.5) is 11.4 Å². The molecular formula is C22H25N3O5. The van der Waals surface area contributed by atoms with Crippen molar-refractivity contribution in [3.63, 3.8) is 0 Å². The van der Waals surface area contributed by atoms with E-state index < -0.39 is 4.92 Å². The number of anilines is 1. The van der Waals surface area contributed by atoms with Gasteiger partial charge in [0, 0.05) is 29.8 Å². The first-order valence-electron chi connectivity index (χ1n) is 10.2. The minimum atomic E-state index is -0.439. The Bertz CT molecular complexity index is 962. The molecule has 1 unspecified atom stereocenters. The zero-order chi connectivity index (χ0) is 21.1. The Morgan fingerprint density at radius 3 is 2.77 bits per heavy atom. The zero-order valence-corrected chi connectivity index (χ0v) is 16.9. The second-order valence-corrected chi connectivity index (χ2v) is 7.69. The molecule has 1 fully saturated rings. The van der Waals surface area contributed by atoms with Crippen molar-refractivity contribution in [3.05, 3.63) is 57.6 Å². The van der Waals surface area contributed by atoms with Gasteiger partial charge in [0.2, 0.25) is 5.91 Å². The van der Waals surface area contributed by atoms with Crippen molar-refractivity contribution in [1.29, 1.82) is 0 Å². The van der Waals surface area contributed by atoms with Crippen molar-refractivity contribution in [2.45, 2.75) is 32.2 Å². The van der Waals surface area contributed by atoms with E-state index in [2.05, 4.69) is 10.2 Å². The van der Waals surface area contributed by atoms with E-state index in [9.17, 15) is 14.9 Å². The molecule has 0 aliphatic carbocycles. The predicted octanol–water partition coefficient (Wildman–Crippen LogP) is 3.84. The highest BCUT2D eigenvalue weighted by atomic mass is 16.6. The Kier molecular flexibility index (Phi) is 5.85. The molecule has 0 spiro atoms. The Morgan fingerprint density at radius 1 is 1.17 bits per heavy atom. The molecule has 1 N–H and O–H groups in total. The van der Waals surface area contributed by atoms with Crippen LogP contribution in [0.2, 0.25) is 0 Å². The number of benzene rings is 2. The number of carbonyl (C=O) groups is 1. The third-order valence-corrected chi connectivity index (χ3v) is 5.56. The summed E-state index contributed by atoms with van der Waals surface area (Å²) in [6.07, 6.45) is 2.82. The van der Waals surface area contributed by atoms with Crippen LogP contribution < -0.4 is 14.8 Å². The minimum absolute atomic E-state index is 0.000884. The maximum absolute atomic E-state index is 12.6. The molecule has 8 heteroatoms. The first kappa shape index (κ1) is 20.2. The van der Waals surface area contributed by atoms with Gasteiger partial charge in [-0.2, -0.15) is 0 Å². The van der Waals surface area contributed by atoms with Crippen LogP contribution in [0.5, 0.6) is 11.5 Å². The van der Waals surface area contributed by atoms with E-state index >= 15 is 0 Å². The van der Waals surface area contributed by atoms with Crippen LogP contribution >= 0.6 is 0 Å². The fourth-order valence-electron chi connectivity index (χ4n) is 4.05. The molecule has 0 bridgehead atoms. The van der Waals surface area contributed by atoms with Gasteiger partial charge in [-0.15, -0.1) is 0 Å². The lowest BCUT2D eigenvalue weighted by Crippen LogP contribution is -2.33. The smallest absolute Gasteiger partial charge is 0.274 e. The summed E-state index contributed by atoms with van der Waals surface area (Å²) in [6, 6.07) is 10.9. The molecule has 2 aliphatic heterocycles. The fourth-order valence-corrected chi connectivity index (χ4v) is 4.05. The standard InChI is InChI=1S/C22H25N3O5/c1-15-5-7-17(13-19(15)25(27)28)23-22(26)14-24-9-2-4-18(24)16-6-8-20-21(12-16)30-11-3-10-29-20/h5-8,12-13,18H,2-4,9-11,14H2,1H3,(H,23,26). The van der Waals surface area contributed by atoms with E-state index in [4.69, 9.17) is 9.47 Å².